The molecule has 6 nitrogen and oxygen atoms in total. The summed E-state index contributed by atoms with van der Waals surface area (Å²) >= 11 is 0. The number of hydrogen-bond donors (Lipinski definition) is 1. The lowest BCUT2D eigenvalue weighted by Gasteiger charge is -2.12. The maximum absolute atomic E-state index is 10.9. The van der Waals surface area contributed by atoms with Gasteiger partial charge in [0, 0.05) is 12.1 Å². The first kappa shape index (κ1) is 14.9. The van der Waals surface area contributed by atoms with Crippen molar-refractivity contribution in [2.45, 2.75) is 26.7 Å². The van der Waals surface area contributed by atoms with E-state index in [9.17, 15) is 14.9 Å². The zero-order valence-corrected chi connectivity index (χ0v) is 11.0. The lowest BCUT2D eigenvalue weighted by Crippen LogP contribution is -2.10. The van der Waals surface area contributed by atoms with E-state index >= 15 is 0 Å². The summed E-state index contributed by atoms with van der Waals surface area (Å²) in [5.74, 6) is -0.868. The Morgan fingerprint density at radius 3 is 2.74 bits per heavy atom. The van der Waals surface area contributed by atoms with Crippen molar-refractivity contribution in [1.82, 2.24) is 0 Å². The summed E-state index contributed by atoms with van der Waals surface area (Å²) in [5.41, 5.74) is -0.238. The number of nitrogens with zero attached hydrogens (tertiary/aromatic N) is 1. The van der Waals surface area contributed by atoms with Gasteiger partial charge in [-0.05, 0) is 18.4 Å². The maximum Gasteiger partial charge on any atom is 0.335 e. The normalized spacial score (nSPS) is 11.9. The molecule has 0 amide bonds. The number of rotatable bonds is 7. The fourth-order valence-corrected chi connectivity index (χ4v) is 1.72. The van der Waals surface area contributed by atoms with E-state index in [-0.39, 0.29) is 22.9 Å². The Morgan fingerprint density at radius 2 is 2.21 bits per heavy atom. The molecule has 1 rings (SSSR count). The third-order valence-corrected chi connectivity index (χ3v) is 2.71. The van der Waals surface area contributed by atoms with E-state index in [1.165, 1.54) is 12.1 Å². The summed E-state index contributed by atoms with van der Waals surface area (Å²) in [6.07, 6.45) is 1.95. The van der Waals surface area contributed by atoms with Gasteiger partial charge >= 0.3 is 11.7 Å². The summed E-state index contributed by atoms with van der Waals surface area (Å²) in [6, 6.07) is 3.55. The van der Waals surface area contributed by atoms with E-state index in [4.69, 9.17) is 9.84 Å². The Labute approximate surface area is 111 Å². The molecule has 1 atom stereocenters. The number of benzene rings is 1. The van der Waals surface area contributed by atoms with Crippen molar-refractivity contribution in [3.63, 3.8) is 0 Å². The monoisotopic (exact) mass is 267 g/mol. The third-order valence-electron chi connectivity index (χ3n) is 2.71. The summed E-state index contributed by atoms with van der Waals surface area (Å²) in [5, 5.41) is 19.7. The summed E-state index contributed by atoms with van der Waals surface area (Å²) < 4.78 is 5.40. The molecule has 0 bridgehead atoms. The van der Waals surface area contributed by atoms with Crippen molar-refractivity contribution in [2.75, 3.05) is 6.61 Å². The summed E-state index contributed by atoms with van der Waals surface area (Å²) in [6.45, 7) is 4.36. The average Bonchev–Trinajstić information content (AvgIpc) is 2.36. The highest BCUT2D eigenvalue weighted by Crippen LogP contribution is 2.28. The van der Waals surface area contributed by atoms with Gasteiger partial charge in [0.25, 0.3) is 0 Å². The van der Waals surface area contributed by atoms with Gasteiger partial charge in [-0.25, -0.2) is 4.79 Å². The van der Waals surface area contributed by atoms with E-state index in [1.54, 1.807) is 0 Å². The second-order valence-corrected chi connectivity index (χ2v) is 4.45. The Morgan fingerprint density at radius 1 is 1.53 bits per heavy atom. The first-order valence-electron chi connectivity index (χ1n) is 6.10. The molecule has 0 radical (unpaired) electrons. The van der Waals surface area contributed by atoms with E-state index in [2.05, 4.69) is 0 Å². The Bertz CT molecular complexity index is 472. The van der Waals surface area contributed by atoms with Gasteiger partial charge in [0.1, 0.15) is 0 Å². The summed E-state index contributed by atoms with van der Waals surface area (Å²) in [4.78, 5) is 21.1. The van der Waals surface area contributed by atoms with E-state index in [0.29, 0.717) is 6.61 Å². The number of aromatic carboxylic acids is 1. The van der Waals surface area contributed by atoms with Crippen molar-refractivity contribution >= 4 is 11.7 Å². The van der Waals surface area contributed by atoms with Crippen LogP contribution in [0.2, 0.25) is 0 Å². The van der Waals surface area contributed by atoms with Gasteiger partial charge in [-0.15, -0.1) is 0 Å². The zero-order chi connectivity index (χ0) is 14.4. The summed E-state index contributed by atoms with van der Waals surface area (Å²) in [7, 11) is 0. The molecule has 0 spiro atoms. The molecule has 0 aromatic heterocycles. The molecule has 0 saturated carbocycles. The van der Waals surface area contributed by atoms with Crippen molar-refractivity contribution in [2.24, 2.45) is 5.92 Å². The topological polar surface area (TPSA) is 89.7 Å². The number of nitro benzene ring substituents is 1. The zero-order valence-electron chi connectivity index (χ0n) is 11.0. The van der Waals surface area contributed by atoms with E-state index in [0.717, 1.165) is 18.9 Å². The van der Waals surface area contributed by atoms with Gasteiger partial charge in [-0.1, -0.05) is 20.3 Å². The molecule has 104 valence electrons. The minimum atomic E-state index is -1.14. The SMILES string of the molecule is CCCC(C)COc1cc(C(=O)O)ccc1[N+](=O)[O-]. The second kappa shape index (κ2) is 6.72. The lowest BCUT2D eigenvalue weighted by atomic mass is 10.1. The van der Waals surface area contributed by atoms with Crippen molar-refractivity contribution < 1.29 is 19.6 Å². The van der Waals surface area contributed by atoms with Crippen molar-refractivity contribution in [3.8, 4) is 5.75 Å². The average molecular weight is 267 g/mol. The molecule has 19 heavy (non-hydrogen) atoms. The van der Waals surface area contributed by atoms with Crippen LogP contribution < -0.4 is 4.74 Å². The largest absolute Gasteiger partial charge is 0.487 e. The molecule has 6 heteroatoms. The van der Waals surface area contributed by atoms with E-state index in [1.807, 2.05) is 13.8 Å². The predicted molar refractivity (Wildman–Crippen MR) is 69.6 cm³/mol. The minimum absolute atomic E-state index is 0.00727. The number of carboxylic acids is 1. The van der Waals surface area contributed by atoms with Gasteiger partial charge in [-0.3, -0.25) is 10.1 Å². The van der Waals surface area contributed by atoms with Crippen LogP contribution in [0.25, 0.3) is 0 Å². The van der Waals surface area contributed by atoms with E-state index < -0.39 is 10.9 Å². The van der Waals surface area contributed by atoms with Gasteiger partial charge in [-0.2, -0.15) is 0 Å². The molecule has 0 aliphatic carbocycles. The fraction of sp³-hybridized carbons (Fsp3) is 0.462. The molecular formula is C13H17NO5. The second-order valence-electron chi connectivity index (χ2n) is 4.45. The van der Waals surface area contributed by atoms with Gasteiger partial charge in [0.05, 0.1) is 17.1 Å². The smallest absolute Gasteiger partial charge is 0.335 e. The molecule has 0 saturated heterocycles. The maximum atomic E-state index is 10.9. The highest BCUT2D eigenvalue weighted by Gasteiger charge is 2.18. The first-order chi connectivity index (χ1) is 8.95. The van der Waals surface area contributed by atoms with Crippen molar-refractivity contribution in [3.05, 3.63) is 33.9 Å². The van der Waals surface area contributed by atoms with Crippen LogP contribution in [0.3, 0.4) is 0 Å². The van der Waals surface area contributed by atoms with Gasteiger partial charge in [0.15, 0.2) is 5.75 Å². The lowest BCUT2D eigenvalue weighted by molar-refractivity contribution is -0.385. The molecule has 0 fully saturated rings. The standard InChI is InChI=1S/C13H17NO5/c1-3-4-9(2)8-19-12-7-10(13(15)16)5-6-11(12)14(17)18/h5-7,9H,3-4,8H2,1-2H3,(H,15,16). The van der Waals surface area contributed by atoms with Crippen LogP contribution in [0.1, 0.15) is 37.0 Å². The number of ether oxygens (including phenoxy) is 1. The molecule has 0 aliphatic rings. The molecule has 1 aromatic rings. The molecular weight excluding hydrogens is 250 g/mol. The van der Waals surface area contributed by atoms with Crippen molar-refractivity contribution in [1.29, 1.82) is 0 Å². The number of carbonyl (C=O) groups is 1. The van der Waals surface area contributed by atoms with Gasteiger partial charge in [0.2, 0.25) is 0 Å². The quantitative estimate of drug-likeness (QED) is 0.605. The van der Waals surface area contributed by atoms with Crippen LogP contribution in [0.15, 0.2) is 18.2 Å². The van der Waals surface area contributed by atoms with Gasteiger partial charge < -0.3 is 9.84 Å². The Hall–Kier alpha value is -2.11. The molecule has 1 unspecified atom stereocenters. The highest BCUT2D eigenvalue weighted by atomic mass is 16.6. The van der Waals surface area contributed by atoms with Crippen LogP contribution in [0.5, 0.6) is 5.75 Å². The Kier molecular flexibility index (Phi) is 5.29. The van der Waals surface area contributed by atoms with Crippen LogP contribution in [0, 0.1) is 16.0 Å². The Balaban J connectivity index is 2.91. The van der Waals surface area contributed by atoms with Crippen LogP contribution in [-0.2, 0) is 0 Å². The molecule has 0 heterocycles. The van der Waals surface area contributed by atoms with Crippen LogP contribution >= 0.6 is 0 Å². The number of nitro groups is 1. The molecule has 1 aromatic carbocycles. The predicted octanol–water partition coefficient (Wildman–Crippen LogP) is 3.11. The number of carboxylic acid groups (broad SMARTS) is 1. The van der Waals surface area contributed by atoms with Crippen LogP contribution in [0.4, 0.5) is 5.69 Å². The minimum Gasteiger partial charge on any atom is -0.487 e. The van der Waals surface area contributed by atoms with Crippen LogP contribution in [-0.4, -0.2) is 22.6 Å². The molecule has 1 N–H and O–H groups in total. The third kappa shape index (κ3) is 4.24. The number of hydrogen-bond acceptors (Lipinski definition) is 4. The fourth-order valence-electron chi connectivity index (χ4n) is 1.72. The molecule has 0 aliphatic heterocycles. The first-order valence-corrected chi connectivity index (χ1v) is 6.10. The highest BCUT2D eigenvalue weighted by molar-refractivity contribution is 5.88.